The molecule has 0 aromatic heterocycles. The van der Waals surface area contributed by atoms with Gasteiger partial charge in [0.15, 0.2) is 0 Å². The average Bonchev–Trinajstić information content (AvgIpc) is 2.82. The maximum atomic E-state index is 11.9. The topological polar surface area (TPSA) is 35.6 Å². The molecule has 4 heteroatoms. The van der Waals surface area contributed by atoms with E-state index in [4.69, 9.17) is 0 Å². The number of amides is 1. The van der Waals surface area contributed by atoms with E-state index in [0.717, 1.165) is 51.0 Å². The second-order valence-corrected chi connectivity index (χ2v) is 5.20. The molecule has 0 bridgehead atoms. The summed E-state index contributed by atoms with van der Waals surface area (Å²) in [6.07, 6.45) is 1.03. The van der Waals surface area contributed by atoms with Gasteiger partial charge in [-0.15, -0.1) is 0 Å². The number of fused-ring (bicyclic) bond motifs is 1. The molecule has 3 saturated heterocycles. The Kier molecular flexibility index (Phi) is 2.21. The molecule has 0 aromatic carbocycles. The Labute approximate surface area is 90.6 Å². The Morgan fingerprint density at radius 3 is 2.47 bits per heavy atom. The summed E-state index contributed by atoms with van der Waals surface area (Å²) in [7, 11) is 1.92. The fraction of sp³-hybridized carbons (Fsp3) is 0.909. The zero-order valence-electron chi connectivity index (χ0n) is 9.28. The molecule has 0 saturated carbocycles. The third-order valence-electron chi connectivity index (χ3n) is 4.26. The monoisotopic (exact) mass is 209 g/mol. The zero-order chi connectivity index (χ0) is 10.4. The lowest BCUT2D eigenvalue weighted by Crippen LogP contribution is -2.41. The first-order chi connectivity index (χ1) is 7.25. The molecule has 84 valence electrons. The van der Waals surface area contributed by atoms with Crippen LogP contribution in [0.2, 0.25) is 0 Å². The smallest absolute Gasteiger partial charge is 0.239 e. The van der Waals surface area contributed by atoms with Gasteiger partial charge in [0, 0.05) is 26.7 Å². The second kappa shape index (κ2) is 3.46. The lowest BCUT2D eigenvalue weighted by Gasteiger charge is -2.23. The molecule has 15 heavy (non-hydrogen) atoms. The molecule has 3 atom stereocenters. The van der Waals surface area contributed by atoms with Crippen molar-refractivity contribution in [3.63, 3.8) is 0 Å². The Morgan fingerprint density at radius 1 is 1.27 bits per heavy atom. The van der Waals surface area contributed by atoms with Gasteiger partial charge >= 0.3 is 0 Å². The predicted octanol–water partition coefficient (Wildman–Crippen LogP) is -0.632. The number of hydrogen-bond acceptors (Lipinski definition) is 3. The van der Waals surface area contributed by atoms with E-state index in [1.165, 1.54) is 0 Å². The molecule has 3 rings (SSSR count). The number of likely N-dealkylation sites (N-methyl/N-ethyl adjacent to an activating group) is 1. The number of carbonyl (C=O) groups excluding carboxylic acids is 1. The number of rotatable bonds is 1. The van der Waals surface area contributed by atoms with Crippen LogP contribution < -0.4 is 5.32 Å². The van der Waals surface area contributed by atoms with E-state index in [1.807, 2.05) is 11.9 Å². The van der Waals surface area contributed by atoms with E-state index in [0.29, 0.717) is 5.91 Å². The van der Waals surface area contributed by atoms with Gasteiger partial charge in [-0.05, 0) is 31.3 Å². The third-order valence-corrected chi connectivity index (χ3v) is 4.26. The van der Waals surface area contributed by atoms with Gasteiger partial charge in [-0.3, -0.25) is 9.69 Å². The molecule has 3 aliphatic heterocycles. The van der Waals surface area contributed by atoms with Crippen molar-refractivity contribution in [2.75, 3.05) is 39.8 Å². The maximum Gasteiger partial charge on any atom is 0.239 e. The Balaban J connectivity index is 1.67. The van der Waals surface area contributed by atoms with Crippen molar-refractivity contribution in [3.05, 3.63) is 0 Å². The van der Waals surface area contributed by atoms with Crippen LogP contribution in [0.15, 0.2) is 0 Å². The van der Waals surface area contributed by atoms with E-state index in [-0.39, 0.29) is 6.04 Å². The summed E-state index contributed by atoms with van der Waals surface area (Å²) < 4.78 is 0. The summed E-state index contributed by atoms with van der Waals surface area (Å²) in [5.74, 6) is 1.93. The summed E-state index contributed by atoms with van der Waals surface area (Å²) in [5.41, 5.74) is 0. The lowest BCUT2D eigenvalue weighted by atomic mass is 10.0. The van der Waals surface area contributed by atoms with Gasteiger partial charge in [-0.1, -0.05) is 0 Å². The highest BCUT2D eigenvalue weighted by Crippen LogP contribution is 2.30. The standard InChI is InChI=1S/C11H19N3O/c1-13-3-2-10(11(13)15)14-6-8-4-12-5-9(8)7-14/h8-10,12H,2-7H2,1H3/t8-,9+,10?. The van der Waals surface area contributed by atoms with Gasteiger partial charge in [0.25, 0.3) is 0 Å². The largest absolute Gasteiger partial charge is 0.344 e. The fourth-order valence-corrected chi connectivity index (χ4v) is 3.29. The molecular weight excluding hydrogens is 190 g/mol. The highest BCUT2D eigenvalue weighted by atomic mass is 16.2. The number of hydrogen-bond donors (Lipinski definition) is 1. The van der Waals surface area contributed by atoms with Crippen LogP contribution in [0, 0.1) is 11.8 Å². The van der Waals surface area contributed by atoms with Crippen LogP contribution in [0.1, 0.15) is 6.42 Å². The van der Waals surface area contributed by atoms with Gasteiger partial charge in [-0.25, -0.2) is 0 Å². The molecule has 0 aliphatic carbocycles. The SMILES string of the molecule is CN1CCC(N2C[C@H]3CNC[C@H]3C2)C1=O. The van der Waals surface area contributed by atoms with Crippen molar-refractivity contribution >= 4 is 5.91 Å². The molecule has 0 spiro atoms. The first-order valence-corrected chi connectivity index (χ1v) is 5.95. The average molecular weight is 209 g/mol. The van der Waals surface area contributed by atoms with Gasteiger partial charge in [0.1, 0.15) is 0 Å². The van der Waals surface area contributed by atoms with Crippen molar-refractivity contribution in [2.24, 2.45) is 11.8 Å². The molecule has 1 unspecified atom stereocenters. The van der Waals surface area contributed by atoms with Gasteiger partial charge in [0.2, 0.25) is 5.91 Å². The summed E-state index contributed by atoms with van der Waals surface area (Å²) in [6.45, 7) is 5.49. The third kappa shape index (κ3) is 1.47. The summed E-state index contributed by atoms with van der Waals surface area (Å²) in [5, 5.41) is 3.43. The summed E-state index contributed by atoms with van der Waals surface area (Å²) in [6, 6.07) is 0.195. The van der Waals surface area contributed by atoms with E-state index in [9.17, 15) is 4.79 Å². The van der Waals surface area contributed by atoms with Crippen LogP contribution in [0.4, 0.5) is 0 Å². The van der Waals surface area contributed by atoms with E-state index in [2.05, 4.69) is 10.2 Å². The van der Waals surface area contributed by atoms with Crippen LogP contribution in [0.25, 0.3) is 0 Å². The highest BCUT2D eigenvalue weighted by Gasteiger charge is 2.43. The number of carbonyl (C=O) groups is 1. The Morgan fingerprint density at radius 2 is 1.93 bits per heavy atom. The first-order valence-electron chi connectivity index (χ1n) is 5.95. The van der Waals surface area contributed by atoms with Crippen molar-refractivity contribution in [2.45, 2.75) is 12.5 Å². The summed E-state index contributed by atoms with van der Waals surface area (Å²) in [4.78, 5) is 16.2. The normalized spacial score (nSPS) is 41.5. The lowest BCUT2D eigenvalue weighted by molar-refractivity contribution is -0.130. The Hall–Kier alpha value is -0.610. The molecule has 0 radical (unpaired) electrons. The van der Waals surface area contributed by atoms with E-state index < -0.39 is 0 Å². The van der Waals surface area contributed by atoms with Gasteiger partial charge < -0.3 is 10.2 Å². The predicted molar refractivity (Wildman–Crippen MR) is 57.5 cm³/mol. The van der Waals surface area contributed by atoms with Crippen molar-refractivity contribution in [3.8, 4) is 0 Å². The van der Waals surface area contributed by atoms with Crippen LogP contribution in [-0.4, -0.2) is 61.5 Å². The number of nitrogens with zero attached hydrogens (tertiary/aromatic N) is 2. The minimum atomic E-state index is 0.195. The fourth-order valence-electron chi connectivity index (χ4n) is 3.29. The minimum absolute atomic E-state index is 0.195. The van der Waals surface area contributed by atoms with E-state index >= 15 is 0 Å². The van der Waals surface area contributed by atoms with Gasteiger partial charge in [-0.2, -0.15) is 0 Å². The minimum Gasteiger partial charge on any atom is -0.344 e. The summed E-state index contributed by atoms with van der Waals surface area (Å²) >= 11 is 0. The molecule has 3 aliphatic rings. The van der Waals surface area contributed by atoms with Crippen LogP contribution in [0.5, 0.6) is 0 Å². The molecule has 3 fully saturated rings. The molecule has 0 aromatic rings. The second-order valence-electron chi connectivity index (χ2n) is 5.20. The number of nitrogens with one attached hydrogen (secondary N) is 1. The molecule has 4 nitrogen and oxygen atoms in total. The molecule has 3 heterocycles. The van der Waals surface area contributed by atoms with Crippen LogP contribution in [-0.2, 0) is 4.79 Å². The molecule has 1 N–H and O–H groups in total. The van der Waals surface area contributed by atoms with Gasteiger partial charge in [0.05, 0.1) is 6.04 Å². The van der Waals surface area contributed by atoms with Crippen LogP contribution in [0.3, 0.4) is 0 Å². The maximum absolute atomic E-state index is 11.9. The first kappa shape index (κ1) is 9.60. The highest BCUT2D eigenvalue weighted by molar-refractivity contribution is 5.83. The molecular formula is C11H19N3O. The molecule has 1 amide bonds. The van der Waals surface area contributed by atoms with E-state index in [1.54, 1.807) is 0 Å². The Bertz CT molecular complexity index is 269. The van der Waals surface area contributed by atoms with Crippen LogP contribution >= 0.6 is 0 Å². The van der Waals surface area contributed by atoms with Crippen molar-refractivity contribution in [1.82, 2.24) is 15.1 Å². The zero-order valence-corrected chi connectivity index (χ0v) is 9.28. The number of likely N-dealkylation sites (tertiary alicyclic amines) is 2. The van der Waals surface area contributed by atoms with Crippen molar-refractivity contribution < 1.29 is 4.79 Å². The quantitative estimate of drug-likeness (QED) is 0.624. The van der Waals surface area contributed by atoms with Crippen molar-refractivity contribution in [1.29, 1.82) is 0 Å².